The second kappa shape index (κ2) is 6.28. The van der Waals surface area contributed by atoms with Crippen LogP contribution in [-0.4, -0.2) is 26.2 Å². The zero-order valence-corrected chi connectivity index (χ0v) is 12.5. The van der Waals surface area contributed by atoms with Crippen LogP contribution < -0.4 is 15.0 Å². The molecule has 4 nitrogen and oxygen atoms in total. The topological polar surface area (TPSA) is 37.4 Å². The van der Waals surface area contributed by atoms with Crippen molar-refractivity contribution in [3.8, 4) is 5.75 Å². The van der Waals surface area contributed by atoms with Crippen LogP contribution in [0, 0.1) is 6.92 Å². The van der Waals surface area contributed by atoms with E-state index in [2.05, 4.69) is 29.4 Å². The molecule has 1 heterocycles. The Labute approximate surface area is 120 Å². The van der Waals surface area contributed by atoms with Gasteiger partial charge in [-0.15, -0.1) is 0 Å². The van der Waals surface area contributed by atoms with Crippen LogP contribution in [0.1, 0.15) is 11.1 Å². The van der Waals surface area contributed by atoms with E-state index in [9.17, 15) is 0 Å². The van der Waals surface area contributed by atoms with Crippen LogP contribution in [0.5, 0.6) is 5.75 Å². The molecule has 0 aliphatic heterocycles. The number of pyridine rings is 1. The number of hydrogen-bond donors (Lipinski definition) is 1. The molecule has 0 saturated heterocycles. The van der Waals surface area contributed by atoms with Gasteiger partial charge in [-0.3, -0.25) is 0 Å². The molecule has 0 aliphatic rings. The van der Waals surface area contributed by atoms with E-state index in [0.717, 1.165) is 29.4 Å². The van der Waals surface area contributed by atoms with Crippen molar-refractivity contribution >= 4 is 11.5 Å². The molecule has 0 bridgehead atoms. The Kier molecular flexibility index (Phi) is 4.45. The van der Waals surface area contributed by atoms with E-state index in [1.807, 2.05) is 43.4 Å². The zero-order chi connectivity index (χ0) is 14.5. The van der Waals surface area contributed by atoms with E-state index in [1.165, 1.54) is 5.56 Å². The molecule has 1 N–H and O–H groups in total. The van der Waals surface area contributed by atoms with Crippen molar-refractivity contribution in [2.24, 2.45) is 0 Å². The Bertz CT molecular complexity index is 564. The monoisotopic (exact) mass is 271 g/mol. The molecule has 106 valence electrons. The molecule has 0 atom stereocenters. The summed E-state index contributed by atoms with van der Waals surface area (Å²) in [5.74, 6) is 1.88. The van der Waals surface area contributed by atoms with Crippen molar-refractivity contribution in [1.82, 2.24) is 4.98 Å². The minimum atomic E-state index is 0.772. The molecule has 0 unspecified atom stereocenters. The Morgan fingerprint density at radius 1 is 1.20 bits per heavy atom. The summed E-state index contributed by atoms with van der Waals surface area (Å²) in [6.07, 6.45) is 1.85. The first-order chi connectivity index (χ1) is 9.60. The fraction of sp³-hybridized carbons (Fsp3) is 0.312. The lowest BCUT2D eigenvalue weighted by molar-refractivity contribution is 0.411. The molecule has 0 amide bonds. The number of nitrogens with one attached hydrogen (secondary N) is 1. The number of aryl methyl sites for hydroxylation is 1. The van der Waals surface area contributed by atoms with Crippen molar-refractivity contribution in [1.29, 1.82) is 0 Å². The van der Waals surface area contributed by atoms with Crippen LogP contribution in [0.3, 0.4) is 0 Å². The summed E-state index contributed by atoms with van der Waals surface area (Å²) in [5, 5.41) is 3.37. The number of ether oxygens (including phenoxy) is 1. The Morgan fingerprint density at radius 2 is 2.00 bits per heavy atom. The summed E-state index contributed by atoms with van der Waals surface area (Å²) >= 11 is 0. The van der Waals surface area contributed by atoms with Crippen molar-refractivity contribution in [3.63, 3.8) is 0 Å². The minimum Gasteiger partial charge on any atom is -0.496 e. The highest BCUT2D eigenvalue weighted by Crippen LogP contribution is 2.19. The Balaban J connectivity index is 1.99. The van der Waals surface area contributed by atoms with E-state index < -0.39 is 0 Å². The van der Waals surface area contributed by atoms with Crippen LogP contribution in [0.25, 0.3) is 0 Å². The van der Waals surface area contributed by atoms with Crippen LogP contribution >= 0.6 is 0 Å². The van der Waals surface area contributed by atoms with Gasteiger partial charge < -0.3 is 15.0 Å². The lowest BCUT2D eigenvalue weighted by atomic mass is 10.1. The molecule has 2 rings (SSSR count). The van der Waals surface area contributed by atoms with Crippen molar-refractivity contribution in [2.75, 3.05) is 31.4 Å². The first-order valence-electron chi connectivity index (χ1n) is 6.61. The standard InChI is InChI=1S/C16H21N3O/c1-12-9-13(5-7-15(12)20-4)10-17-14-6-8-16(18-11-14)19(2)3/h5-9,11,17H,10H2,1-4H3. The minimum absolute atomic E-state index is 0.772. The summed E-state index contributed by atoms with van der Waals surface area (Å²) in [4.78, 5) is 6.36. The number of hydrogen-bond acceptors (Lipinski definition) is 4. The number of rotatable bonds is 5. The van der Waals surface area contributed by atoms with Crippen LogP contribution in [-0.2, 0) is 6.54 Å². The third-order valence-electron chi connectivity index (χ3n) is 3.16. The summed E-state index contributed by atoms with van der Waals surface area (Å²) < 4.78 is 5.26. The predicted octanol–water partition coefficient (Wildman–Crippen LogP) is 3.08. The molecule has 0 saturated carbocycles. The van der Waals surface area contributed by atoms with E-state index >= 15 is 0 Å². The summed E-state index contributed by atoms with van der Waals surface area (Å²) in [7, 11) is 5.66. The average Bonchev–Trinajstić information content (AvgIpc) is 2.45. The Morgan fingerprint density at radius 3 is 2.55 bits per heavy atom. The van der Waals surface area contributed by atoms with Gasteiger partial charge in [0, 0.05) is 20.6 Å². The fourth-order valence-corrected chi connectivity index (χ4v) is 2.01. The Hall–Kier alpha value is -2.23. The largest absolute Gasteiger partial charge is 0.496 e. The van der Waals surface area contributed by atoms with Gasteiger partial charge in [0.25, 0.3) is 0 Å². The van der Waals surface area contributed by atoms with Gasteiger partial charge in [-0.1, -0.05) is 12.1 Å². The van der Waals surface area contributed by atoms with Gasteiger partial charge in [-0.2, -0.15) is 0 Å². The van der Waals surface area contributed by atoms with E-state index in [-0.39, 0.29) is 0 Å². The smallest absolute Gasteiger partial charge is 0.128 e. The van der Waals surface area contributed by atoms with Gasteiger partial charge in [-0.05, 0) is 36.2 Å². The van der Waals surface area contributed by atoms with Crippen LogP contribution in [0.2, 0.25) is 0 Å². The number of anilines is 2. The highest BCUT2D eigenvalue weighted by molar-refractivity contribution is 5.48. The SMILES string of the molecule is COc1ccc(CNc2ccc(N(C)C)nc2)cc1C. The maximum Gasteiger partial charge on any atom is 0.128 e. The fourth-order valence-electron chi connectivity index (χ4n) is 2.01. The first kappa shape index (κ1) is 14.2. The lowest BCUT2D eigenvalue weighted by Crippen LogP contribution is -2.10. The zero-order valence-electron chi connectivity index (χ0n) is 12.5. The first-order valence-corrected chi connectivity index (χ1v) is 6.61. The van der Waals surface area contributed by atoms with E-state index in [1.54, 1.807) is 7.11 Å². The van der Waals surface area contributed by atoms with Gasteiger partial charge >= 0.3 is 0 Å². The maximum atomic E-state index is 5.26. The second-order valence-corrected chi connectivity index (χ2v) is 4.96. The van der Waals surface area contributed by atoms with Gasteiger partial charge in [0.15, 0.2) is 0 Å². The molecular formula is C16H21N3O. The average molecular weight is 271 g/mol. The van der Waals surface area contributed by atoms with E-state index in [0.29, 0.717) is 0 Å². The third-order valence-corrected chi connectivity index (χ3v) is 3.16. The molecule has 0 spiro atoms. The molecule has 0 fully saturated rings. The van der Waals surface area contributed by atoms with Crippen molar-refractivity contribution in [3.05, 3.63) is 47.7 Å². The van der Waals surface area contributed by atoms with Crippen LogP contribution in [0.4, 0.5) is 11.5 Å². The number of nitrogens with zero attached hydrogens (tertiary/aromatic N) is 2. The van der Waals surface area contributed by atoms with E-state index in [4.69, 9.17) is 4.74 Å². The maximum absolute atomic E-state index is 5.26. The molecular weight excluding hydrogens is 250 g/mol. The summed E-state index contributed by atoms with van der Waals surface area (Å²) in [5.41, 5.74) is 3.39. The lowest BCUT2D eigenvalue weighted by Gasteiger charge is -2.12. The molecule has 1 aromatic carbocycles. The summed E-state index contributed by atoms with van der Waals surface area (Å²) in [6, 6.07) is 10.2. The van der Waals surface area contributed by atoms with Gasteiger partial charge in [0.2, 0.25) is 0 Å². The number of benzene rings is 1. The predicted molar refractivity (Wildman–Crippen MR) is 83.6 cm³/mol. The van der Waals surface area contributed by atoms with Crippen molar-refractivity contribution < 1.29 is 4.74 Å². The molecule has 2 aromatic rings. The second-order valence-electron chi connectivity index (χ2n) is 4.96. The number of methoxy groups -OCH3 is 1. The highest BCUT2D eigenvalue weighted by Gasteiger charge is 2.01. The molecule has 1 aromatic heterocycles. The van der Waals surface area contributed by atoms with Crippen LogP contribution in [0.15, 0.2) is 36.5 Å². The quantitative estimate of drug-likeness (QED) is 0.907. The van der Waals surface area contributed by atoms with Gasteiger partial charge in [0.1, 0.15) is 11.6 Å². The molecule has 4 heteroatoms. The van der Waals surface area contributed by atoms with Gasteiger partial charge in [-0.25, -0.2) is 4.98 Å². The third kappa shape index (κ3) is 3.41. The number of aromatic nitrogens is 1. The highest BCUT2D eigenvalue weighted by atomic mass is 16.5. The molecule has 0 radical (unpaired) electrons. The normalized spacial score (nSPS) is 10.2. The molecule has 0 aliphatic carbocycles. The molecule has 20 heavy (non-hydrogen) atoms. The van der Waals surface area contributed by atoms with Crippen molar-refractivity contribution in [2.45, 2.75) is 13.5 Å². The van der Waals surface area contributed by atoms with Gasteiger partial charge in [0.05, 0.1) is 19.0 Å². The summed E-state index contributed by atoms with van der Waals surface area (Å²) in [6.45, 7) is 2.82.